The summed E-state index contributed by atoms with van der Waals surface area (Å²) >= 11 is 0. The van der Waals surface area contributed by atoms with Gasteiger partial charge in [-0.3, -0.25) is 4.90 Å². The monoisotopic (exact) mass is 198 g/mol. The van der Waals surface area contributed by atoms with Gasteiger partial charge in [-0.25, -0.2) is 0 Å². The lowest BCUT2D eigenvalue weighted by Gasteiger charge is -2.18. The van der Waals surface area contributed by atoms with E-state index in [1.54, 1.807) is 0 Å². The summed E-state index contributed by atoms with van der Waals surface area (Å²) in [5.74, 6) is 0.659. The van der Waals surface area contributed by atoms with Gasteiger partial charge >= 0.3 is 0 Å². The highest BCUT2D eigenvalue weighted by Gasteiger charge is 2.60. The first-order valence-electron chi connectivity index (χ1n) is 5.50. The molecule has 1 aromatic carbocycles. The molecule has 1 heterocycles. The number of piperidine rings is 1. The van der Waals surface area contributed by atoms with Crippen LogP contribution in [0.1, 0.15) is 12.0 Å². The van der Waals surface area contributed by atoms with E-state index in [1.807, 2.05) is 6.07 Å². The van der Waals surface area contributed by atoms with Gasteiger partial charge in [0.05, 0.1) is 11.5 Å². The van der Waals surface area contributed by atoms with Crippen LogP contribution in [0.15, 0.2) is 30.3 Å². The van der Waals surface area contributed by atoms with E-state index in [9.17, 15) is 0 Å². The number of nitrogens with zero attached hydrogens (tertiary/aromatic N) is 2. The molecule has 0 amide bonds. The Morgan fingerprint density at radius 1 is 1.40 bits per heavy atom. The molecular weight excluding hydrogens is 184 g/mol. The molecule has 2 atom stereocenters. The third-order valence-corrected chi connectivity index (χ3v) is 3.69. The highest BCUT2D eigenvalue weighted by Crippen LogP contribution is 2.57. The first kappa shape index (κ1) is 8.94. The van der Waals surface area contributed by atoms with Crippen LogP contribution in [0.3, 0.4) is 0 Å². The summed E-state index contributed by atoms with van der Waals surface area (Å²) in [6.45, 7) is 3.09. The van der Waals surface area contributed by atoms with Crippen molar-refractivity contribution < 1.29 is 0 Å². The van der Waals surface area contributed by atoms with Gasteiger partial charge in [0.1, 0.15) is 0 Å². The van der Waals surface area contributed by atoms with Crippen molar-refractivity contribution in [1.29, 1.82) is 5.26 Å². The van der Waals surface area contributed by atoms with Gasteiger partial charge in [0.2, 0.25) is 0 Å². The molecule has 1 aliphatic carbocycles. The number of hydrogen-bond acceptors (Lipinski definition) is 2. The molecule has 0 unspecified atom stereocenters. The zero-order valence-electron chi connectivity index (χ0n) is 8.69. The quantitative estimate of drug-likeness (QED) is 0.727. The fourth-order valence-electron chi connectivity index (χ4n) is 2.72. The summed E-state index contributed by atoms with van der Waals surface area (Å²) in [5.41, 5.74) is 1.39. The average molecular weight is 198 g/mol. The van der Waals surface area contributed by atoms with E-state index in [2.05, 4.69) is 35.2 Å². The Hall–Kier alpha value is -1.33. The number of benzene rings is 1. The topological polar surface area (TPSA) is 27.0 Å². The minimum Gasteiger partial charge on any atom is -0.297 e. The second-order valence-electron chi connectivity index (χ2n) is 4.82. The van der Waals surface area contributed by atoms with Crippen molar-refractivity contribution >= 4 is 0 Å². The number of likely N-dealkylation sites (tertiary alicyclic amines) is 1. The van der Waals surface area contributed by atoms with Crippen molar-refractivity contribution in [3.63, 3.8) is 0 Å². The number of hydrogen-bond donors (Lipinski definition) is 0. The molecule has 15 heavy (non-hydrogen) atoms. The molecule has 0 spiro atoms. The molecule has 2 fully saturated rings. The molecule has 1 aliphatic heterocycles. The second-order valence-corrected chi connectivity index (χ2v) is 4.82. The fraction of sp³-hybridized carbons (Fsp3) is 0.462. The second kappa shape index (κ2) is 3.08. The zero-order valence-corrected chi connectivity index (χ0v) is 8.69. The molecule has 2 nitrogen and oxygen atoms in total. The predicted molar refractivity (Wildman–Crippen MR) is 57.9 cm³/mol. The van der Waals surface area contributed by atoms with E-state index >= 15 is 0 Å². The maximum Gasteiger partial charge on any atom is 0.0745 e. The molecule has 0 radical (unpaired) electrons. The van der Waals surface area contributed by atoms with Crippen LogP contribution in [0, 0.1) is 22.7 Å². The van der Waals surface area contributed by atoms with E-state index in [-0.39, 0.29) is 5.41 Å². The lowest BCUT2D eigenvalue weighted by molar-refractivity contribution is 0.287. The van der Waals surface area contributed by atoms with Crippen molar-refractivity contribution in [2.45, 2.75) is 13.0 Å². The Balaban J connectivity index is 1.66. The highest BCUT2D eigenvalue weighted by molar-refractivity contribution is 5.23. The summed E-state index contributed by atoms with van der Waals surface area (Å²) in [6.07, 6.45) is 1.13. The highest BCUT2D eigenvalue weighted by atomic mass is 15.2. The minimum absolute atomic E-state index is 0.0365. The first-order valence-corrected chi connectivity index (χ1v) is 5.50. The molecule has 0 bridgehead atoms. The van der Waals surface area contributed by atoms with Crippen LogP contribution in [0.5, 0.6) is 0 Å². The van der Waals surface area contributed by atoms with E-state index in [0.29, 0.717) is 5.92 Å². The van der Waals surface area contributed by atoms with E-state index in [0.717, 1.165) is 26.1 Å². The molecule has 76 valence electrons. The Morgan fingerprint density at radius 2 is 2.20 bits per heavy atom. The van der Waals surface area contributed by atoms with Gasteiger partial charge in [0.15, 0.2) is 0 Å². The summed E-state index contributed by atoms with van der Waals surface area (Å²) in [4.78, 5) is 2.41. The Morgan fingerprint density at radius 3 is 2.87 bits per heavy atom. The van der Waals surface area contributed by atoms with Crippen LogP contribution in [0.2, 0.25) is 0 Å². The summed E-state index contributed by atoms with van der Waals surface area (Å²) in [6, 6.07) is 13.0. The van der Waals surface area contributed by atoms with Gasteiger partial charge in [0.25, 0.3) is 0 Å². The van der Waals surface area contributed by atoms with E-state index < -0.39 is 0 Å². The SMILES string of the molecule is N#C[C@]12C[C@H]1CN(Cc1ccccc1)C2. The van der Waals surface area contributed by atoms with Gasteiger partial charge in [-0.1, -0.05) is 30.3 Å². The van der Waals surface area contributed by atoms with Crippen LogP contribution in [-0.2, 0) is 6.54 Å². The number of rotatable bonds is 2. The number of nitriles is 1. The van der Waals surface area contributed by atoms with E-state index in [1.165, 1.54) is 5.56 Å². The van der Waals surface area contributed by atoms with Gasteiger partial charge in [-0.05, 0) is 17.9 Å². The van der Waals surface area contributed by atoms with Gasteiger partial charge in [-0.2, -0.15) is 5.26 Å². The van der Waals surface area contributed by atoms with Crippen molar-refractivity contribution in [1.82, 2.24) is 4.90 Å². The fourth-order valence-corrected chi connectivity index (χ4v) is 2.72. The smallest absolute Gasteiger partial charge is 0.0745 e. The number of fused-ring (bicyclic) bond motifs is 1. The zero-order chi connectivity index (χ0) is 10.3. The van der Waals surface area contributed by atoms with Crippen LogP contribution in [-0.4, -0.2) is 18.0 Å². The molecule has 0 aromatic heterocycles. The van der Waals surface area contributed by atoms with Crippen LogP contribution in [0.25, 0.3) is 0 Å². The average Bonchev–Trinajstić information content (AvgIpc) is 2.84. The van der Waals surface area contributed by atoms with Crippen LogP contribution < -0.4 is 0 Å². The third-order valence-electron chi connectivity index (χ3n) is 3.69. The molecule has 2 aliphatic rings. The van der Waals surface area contributed by atoms with Gasteiger partial charge in [0, 0.05) is 19.6 Å². The lowest BCUT2D eigenvalue weighted by Crippen LogP contribution is -2.24. The summed E-state index contributed by atoms with van der Waals surface area (Å²) in [5, 5.41) is 9.07. The Labute approximate surface area is 90.1 Å². The largest absolute Gasteiger partial charge is 0.297 e. The molecule has 2 heteroatoms. The summed E-state index contributed by atoms with van der Waals surface area (Å²) in [7, 11) is 0. The maximum atomic E-state index is 9.07. The third kappa shape index (κ3) is 1.44. The van der Waals surface area contributed by atoms with E-state index in [4.69, 9.17) is 5.26 Å². The Bertz CT molecular complexity index is 406. The van der Waals surface area contributed by atoms with Crippen molar-refractivity contribution in [3.05, 3.63) is 35.9 Å². The molecule has 1 saturated carbocycles. The van der Waals surface area contributed by atoms with Crippen molar-refractivity contribution in [2.75, 3.05) is 13.1 Å². The molecule has 1 aromatic rings. The minimum atomic E-state index is 0.0365. The van der Waals surface area contributed by atoms with Crippen LogP contribution in [0.4, 0.5) is 0 Å². The molecule has 0 N–H and O–H groups in total. The first-order chi connectivity index (χ1) is 7.32. The molecule has 1 saturated heterocycles. The van der Waals surface area contributed by atoms with Crippen molar-refractivity contribution in [3.8, 4) is 6.07 Å². The predicted octanol–water partition coefficient (Wildman–Crippen LogP) is 2.03. The normalized spacial score (nSPS) is 33.4. The molecular formula is C13H14N2. The standard InChI is InChI=1S/C13H14N2/c14-9-13-6-12(13)8-15(10-13)7-11-4-2-1-3-5-11/h1-5,12H,6-8,10H2/t12-,13-/m0/s1. The maximum absolute atomic E-state index is 9.07. The van der Waals surface area contributed by atoms with Crippen molar-refractivity contribution in [2.24, 2.45) is 11.3 Å². The summed E-state index contributed by atoms with van der Waals surface area (Å²) < 4.78 is 0. The van der Waals surface area contributed by atoms with Gasteiger partial charge in [-0.15, -0.1) is 0 Å². The molecule has 3 rings (SSSR count). The van der Waals surface area contributed by atoms with Crippen LogP contribution >= 0.6 is 0 Å². The Kier molecular flexibility index (Phi) is 1.83. The van der Waals surface area contributed by atoms with Gasteiger partial charge < -0.3 is 0 Å². The lowest BCUT2D eigenvalue weighted by atomic mass is 10.1.